The van der Waals surface area contributed by atoms with Gasteiger partial charge in [-0.05, 0) is 0 Å². The topological polar surface area (TPSA) is 113 Å². The molecule has 0 spiro atoms. The van der Waals surface area contributed by atoms with Crippen molar-refractivity contribution in [2.45, 2.75) is 4.90 Å². The van der Waals surface area contributed by atoms with Gasteiger partial charge in [-0.2, -0.15) is 0 Å². The van der Waals surface area contributed by atoms with Gasteiger partial charge in [0.15, 0.2) is 23.3 Å². The van der Waals surface area contributed by atoms with E-state index in [0.717, 1.165) is 12.4 Å². The Bertz CT molecular complexity index is 703. The van der Waals surface area contributed by atoms with Crippen LogP contribution in [-0.4, -0.2) is 32.0 Å². The number of methoxy groups -OCH3 is 1. The van der Waals surface area contributed by atoms with Crippen molar-refractivity contribution in [3.63, 3.8) is 0 Å². The second-order valence-electron chi connectivity index (χ2n) is 3.36. The SMILES string of the molecule is COC(=O)C(=O)Nc1c(F)c(F)c(S(=O)(=O)[O-])c(F)c1F. The maximum atomic E-state index is 13.4. The molecule has 7 nitrogen and oxygen atoms in total. The molecule has 0 saturated carbocycles. The summed E-state index contributed by atoms with van der Waals surface area (Å²) >= 11 is 0. The van der Waals surface area contributed by atoms with Crippen molar-refractivity contribution in [2.24, 2.45) is 0 Å². The van der Waals surface area contributed by atoms with Crippen molar-refractivity contribution < 1.29 is 44.9 Å². The quantitative estimate of drug-likeness (QED) is 0.274. The third kappa shape index (κ3) is 3.11. The van der Waals surface area contributed by atoms with Gasteiger partial charge < -0.3 is 14.6 Å². The van der Waals surface area contributed by atoms with Crippen molar-refractivity contribution in [3.8, 4) is 0 Å². The molecule has 1 aromatic rings. The maximum absolute atomic E-state index is 13.4. The molecule has 1 aromatic carbocycles. The zero-order valence-corrected chi connectivity index (χ0v) is 10.7. The number of amides is 1. The predicted octanol–water partition coefficient (Wildman–Crippen LogP) is 0.259. The Kier molecular flexibility index (Phi) is 4.53. The van der Waals surface area contributed by atoms with Crippen molar-refractivity contribution >= 4 is 27.7 Å². The van der Waals surface area contributed by atoms with Crippen LogP contribution in [-0.2, 0) is 24.4 Å². The highest BCUT2D eigenvalue weighted by molar-refractivity contribution is 7.85. The zero-order chi connectivity index (χ0) is 16.5. The number of ether oxygens (including phenoxy) is 1. The number of carbonyl (C=O) groups excluding carboxylic acids is 2. The Morgan fingerprint density at radius 3 is 1.81 bits per heavy atom. The molecule has 0 aliphatic heterocycles. The van der Waals surface area contributed by atoms with Crippen molar-refractivity contribution in [1.82, 2.24) is 0 Å². The lowest BCUT2D eigenvalue weighted by Crippen LogP contribution is -2.26. The highest BCUT2D eigenvalue weighted by Gasteiger charge is 2.30. The monoisotopic (exact) mass is 330 g/mol. The summed E-state index contributed by atoms with van der Waals surface area (Å²) in [5, 5.41) is 1.15. The number of halogens is 4. The van der Waals surface area contributed by atoms with Gasteiger partial charge in [0.05, 0.1) is 7.11 Å². The van der Waals surface area contributed by atoms with E-state index in [4.69, 9.17) is 0 Å². The minimum absolute atomic E-state index is 0.739. The number of hydrogen-bond acceptors (Lipinski definition) is 6. The summed E-state index contributed by atoms with van der Waals surface area (Å²) in [4.78, 5) is 19.3. The highest BCUT2D eigenvalue weighted by atomic mass is 32.2. The predicted molar refractivity (Wildman–Crippen MR) is 54.9 cm³/mol. The number of hydrogen-bond donors (Lipinski definition) is 1. The summed E-state index contributed by atoms with van der Waals surface area (Å²) in [5.41, 5.74) is -1.78. The molecule has 116 valence electrons. The molecule has 1 rings (SSSR count). The van der Waals surface area contributed by atoms with Crippen LogP contribution in [0.2, 0.25) is 0 Å². The minimum atomic E-state index is -5.86. The van der Waals surface area contributed by atoms with Gasteiger partial charge in [0.25, 0.3) is 0 Å². The first-order chi connectivity index (χ1) is 9.52. The second kappa shape index (κ2) is 5.65. The lowest BCUT2D eigenvalue weighted by Gasteiger charge is -2.14. The van der Waals surface area contributed by atoms with E-state index in [0.29, 0.717) is 0 Å². The molecule has 0 aliphatic carbocycles. The number of carbonyl (C=O) groups is 2. The Hall–Kier alpha value is -2.21. The van der Waals surface area contributed by atoms with Crippen LogP contribution in [0.4, 0.5) is 23.2 Å². The van der Waals surface area contributed by atoms with Crippen molar-refractivity contribution in [1.29, 1.82) is 0 Å². The molecular weight excluding hydrogens is 326 g/mol. The first kappa shape index (κ1) is 16.8. The average Bonchev–Trinajstić information content (AvgIpc) is 2.38. The van der Waals surface area contributed by atoms with Gasteiger partial charge in [-0.15, -0.1) is 0 Å². The van der Waals surface area contributed by atoms with Gasteiger partial charge in [-0.3, -0.25) is 4.79 Å². The van der Waals surface area contributed by atoms with E-state index >= 15 is 0 Å². The smallest absolute Gasteiger partial charge is 0.396 e. The third-order valence-corrected chi connectivity index (χ3v) is 2.94. The molecule has 0 unspecified atom stereocenters. The molecule has 1 N–H and O–H groups in total. The van der Waals surface area contributed by atoms with Crippen LogP contribution in [0.5, 0.6) is 0 Å². The molecule has 12 heteroatoms. The van der Waals surface area contributed by atoms with E-state index in [9.17, 15) is 40.1 Å². The average molecular weight is 330 g/mol. The summed E-state index contributed by atoms with van der Waals surface area (Å²) in [7, 11) is -5.12. The number of benzene rings is 1. The highest BCUT2D eigenvalue weighted by Crippen LogP contribution is 2.30. The number of rotatable bonds is 2. The van der Waals surface area contributed by atoms with E-state index in [1.165, 1.54) is 0 Å². The van der Waals surface area contributed by atoms with Gasteiger partial charge in [-0.25, -0.2) is 30.8 Å². The van der Waals surface area contributed by atoms with E-state index in [2.05, 4.69) is 4.74 Å². The summed E-state index contributed by atoms with van der Waals surface area (Å²) in [6, 6.07) is 0. The van der Waals surface area contributed by atoms with E-state index in [1.807, 2.05) is 0 Å². The van der Waals surface area contributed by atoms with Gasteiger partial charge in [-0.1, -0.05) is 0 Å². The molecule has 0 fully saturated rings. The molecular formula is C9H4F4NO6S-. The normalized spacial score (nSPS) is 11.1. The largest absolute Gasteiger partial charge is 0.744 e. The van der Waals surface area contributed by atoms with Crippen LogP contribution in [0.25, 0.3) is 0 Å². The Balaban J connectivity index is 3.52. The molecule has 0 heterocycles. The first-order valence-electron chi connectivity index (χ1n) is 4.73. The third-order valence-electron chi connectivity index (χ3n) is 2.08. The van der Waals surface area contributed by atoms with E-state index in [-0.39, 0.29) is 0 Å². The molecule has 1 amide bonds. The van der Waals surface area contributed by atoms with Crippen LogP contribution in [0, 0.1) is 23.3 Å². The van der Waals surface area contributed by atoms with E-state index < -0.39 is 55.8 Å². The fourth-order valence-corrected chi connectivity index (χ4v) is 1.82. The van der Waals surface area contributed by atoms with E-state index in [1.54, 1.807) is 0 Å². The van der Waals surface area contributed by atoms with Crippen molar-refractivity contribution in [3.05, 3.63) is 23.3 Å². The molecule has 21 heavy (non-hydrogen) atoms. The lowest BCUT2D eigenvalue weighted by molar-refractivity contribution is -0.150. The summed E-state index contributed by atoms with van der Waals surface area (Å²) in [5.74, 6) is -13.3. The Morgan fingerprint density at radius 1 is 1.05 bits per heavy atom. The summed E-state index contributed by atoms with van der Waals surface area (Å²) < 4.78 is 88.9. The number of nitrogens with one attached hydrogen (secondary N) is 1. The minimum Gasteiger partial charge on any atom is -0.744 e. The molecule has 0 bridgehead atoms. The number of anilines is 1. The molecule has 0 aliphatic rings. The zero-order valence-electron chi connectivity index (χ0n) is 9.87. The molecule has 0 radical (unpaired) electrons. The van der Waals surface area contributed by atoms with Gasteiger partial charge in [0, 0.05) is 0 Å². The van der Waals surface area contributed by atoms with Gasteiger partial charge in [0.1, 0.15) is 20.7 Å². The van der Waals surface area contributed by atoms with Crippen LogP contribution in [0.3, 0.4) is 0 Å². The Morgan fingerprint density at radius 2 is 1.48 bits per heavy atom. The van der Waals surface area contributed by atoms with Crippen LogP contribution >= 0.6 is 0 Å². The fourth-order valence-electron chi connectivity index (χ4n) is 1.20. The maximum Gasteiger partial charge on any atom is 0.396 e. The molecule has 0 atom stereocenters. The second-order valence-corrected chi connectivity index (χ2v) is 4.68. The molecule has 0 aromatic heterocycles. The van der Waals surface area contributed by atoms with Crippen LogP contribution in [0.1, 0.15) is 0 Å². The standard InChI is InChI=1S/C9H5F4NO6S/c1-20-9(16)8(15)14-6-2(10)4(12)7(21(17,18)19)5(13)3(6)11/h1H3,(H,14,15)(H,17,18,19)/p-1. The van der Waals surface area contributed by atoms with Crippen molar-refractivity contribution in [2.75, 3.05) is 12.4 Å². The Labute approximate surface area is 114 Å². The van der Waals surface area contributed by atoms with Gasteiger partial charge >= 0.3 is 11.9 Å². The first-order valence-corrected chi connectivity index (χ1v) is 6.14. The van der Waals surface area contributed by atoms with Crippen LogP contribution in [0.15, 0.2) is 4.90 Å². The summed E-state index contributed by atoms with van der Waals surface area (Å²) in [6.07, 6.45) is 0. The molecule has 0 saturated heterocycles. The fraction of sp³-hybridized carbons (Fsp3) is 0.111. The van der Waals surface area contributed by atoms with Gasteiger partial charge in [0.2, 0.25) is 0 Å². The number of esters is 1. The lowest BCUT2D eigenvalue weighted by atomic mass is 10.2. The summed E-state index contributed by atoms with van der Waals surface area (Å²) in [6.45, 7) is 0. The van der Waals surface area contributed by atoms with Crippen LogP contribution < -0.4 is 5.32 Å².